The summed E-state index contributed by atoms with van der Waals surface area (Å²) >= 11 is 0. The Labute approximate surface area is 126 Å². The van der Waals surface area contributed by atoms with E-state index >= 15 is 0 Å². The van der Waals surface area contributed by atoms with Crippen LogP contribution in [0.2, 0.25) is 0 Å². The van der Waals surface area contributed by atoms with Gasteiger partial charge in [-0.2, -0.15) is 0 Å². The lowest BCUT2D eigenvalue weighted by molar-refractivity contribution is 0.583. The fourth-order valence-corrected chi connectivity index (χ4v) is 4.88. The monoisotopic (exact) mass is 301 g/mol. The average molecular weight is 301 g/mol. The van der Waals surface area contributed by atoms with Crippen molar-refractivity contribution >= 4 is 15.7 Å². The first-order chi connectivity index (χ1) is 9.97. The van der Waals surface area contributed by atoms with E-state index in [9.17, 15) is 8.42 Å². The summed E-state index contributed by atoms with van der Waals surface area (Å²) in [5, 5.41) is 0. The summed E-state index contributed by atoms with van der Waals surface area (Å²) in [6.07, 6.45) is 0.781. The van der Waals surface area contributed by atoms with E-state index in [4.69, 9.17) is 0 Å². The summed E-state index contributed by atoms with van der Waals surface area (Å²) < 4.78 is 27.2. The van der Waals surface area contributed by atoms with Crippen molar-refractivity contribution in [3.63, 3.8) is 0 Å². The highest BCUT2D eigenvalue weighted by molar-refractivity contribution is 7.92. The van der Waals surface area contributed by atoms with Gasteiger partial charge in [0.2, 0.25) is 10.0 Å². The zero-order valence-electron chi connectivity index (χ0n) is 12.3. The molecule has 3 rings (SSSR count). The van der Waals surface area contributed by atoms with E-state index < -0.39 is 10.0 Å². The van der Waals surface area contributed by atoms with Crippen molar-refractivity contribution in [2.75, 3.05) is 4.31 Å². The van der Waals surface area contributed by atoms with Crippen LogP contribution in [0.25, 0.3) is 0 Å². The van der Waals surface area contributed by atoms with E-state index in [1.807, 2.05) is 62.4 Å². The highest BCUT2D eigenvalue weighted by atomic mass is 32.2. The molecule has 4 heteroatoms. The Morgan fingerprint density at radius 3 is 2.67 bits per heavy atom. The third kappa shape index (κ3) is 2.68. The van der Waals surface area contributed by atoms with Crippen molar-refractivity contribution in [1.29, 1.82) is 0 Å². The smallest absolute Gasteiger partial charge is 0.239 e. The van der Waals surface area contributed by atoms with Crippen LogP contribution in [0.4, 0.5) is 5.69 Å². The van der Waals surface area contributed by atoms with E-state index in [2.05, 4.69) is 0 Å². The first-order valence-electron chi connectivity index (χ1n) is 7.13. The molecule has 0 N–H and O–H groups in total. The number of hydrogen-bond donors (Lipinski definition) is 0. The van der Waals surface area contributed by atoms with Crippen molar-refractivity contribution < 1.29 is 8.42 Å². The fraction of sp³-hybridized carbons (Fsp3) is 0.294. The molecule has 1 aliphatic heterocycles. The Kier molecular flexibility index (Phi) is 3.49. The highest BCUT2D eigenvalue weighted by Crippen LogP contribution is 2.35. The van der Waals surface area contributed by atoms with Gasteiger partial charge >= 0.3 is 0 Å². The molecule has 2 aromatic rings. The normalized spacial score (nSPS) is 17.8. The van der Waals surface area contributed by atoms with Crippen LogP contribution in [-0.2, 0) is 22.2 Å². The number of benzene rings is 2. The van der Waals surface area contributed by atoms with Crippen LogP contribution < -0.4 is 4.31 Å². The lowest BCUT2D eigenvalue weighted by Gasteiger charge is -2.24. The number of hydrogen-bond acceptors (Lipinski definition) is 2. The van der Waals surface area contributed by atoms with Gasteiger partial charge in [-0.3, -0.25) is 4.31 Å². The third-order valence-corrected chi connectivity index (χ3v) is 5.73. The molecule has 0 bridgehead atoms. The van der Waals surface area contributed by atoms with Crippen LogP contribution in [0.5, 0.6) is 0 Å². The predicted octanol–water partition coefficient (Wildman–Crippen LogP) is 3.28. The summed E-state index contributed by atoms with van der Waals surface area (Å²) in [4.78, 5) is 0. The molecule has 0 radical (unpaired) electrons. The molecule has 110 valence electrons. The fourth-order valence-electron chi connectivity index (χ4n) is 3.04. The zero-order chi connectivity index (χ0) is 15.0. The van der Waals surface area contributed by atoms with Crippen molar-refractivity contribution in [2.24, 2.45) is 0 Å². The summed E-state index contributed by atoms with van der Waals surface area (Å²) in [7, 11) is -3.36. The van der Waals surface area contributed by atoms with Gasteiger partial charge in [0.1, 0.15) is 0 Å². The number of sulfonamides is 1. The standard InChI is InChI=1S/C17H19NO2S/c1-13-6-5-7-15(10-13)12-21(19,20)18-14(2)11-16-8-3-4-9-17(16)18/h3-10,14H,11-12H2,1-2H3. The molecule has 1 atom stereocenters. The topological polar surface area (TPSA) is 37.4 Å². The minimum absolute atomic E-state index is 0.0165. The van der Waals surface area contributed by atoms with Crippen LogP contribution >= 0.6 is 0 Å². The lowest BCUT2D eigenvalue weighted by atomic mass is 10.1. The van der Waals surface area contributed by atoms with Crippen LogP contribution in [-0.4, -0.2) is 14.5 Å². The lowest BCUT2D eigenvalue weighted by Crippen LogP contribution is -2.36. The number of para-hydroxylation sites is 1. The maximum atomic E-state index is 12.8. The Balaban J connectivity index is 1.95. The van der Waals surface area contributed by atoms with Gasteiger partial charge in [0.05, 0.1) is 11.4 Å². The Morgan fingerprint density at radius 1 is 1.14 bits per heavy atom. The Hall–Kier alpha value is -1.81. The van der Waals surface area contributed by atoms with Gasteiger partial charge in [0.15, 0.2) is 0 Å². The van der Waals surface area contributed by atoms with E-state index in [0.29, 0.717) is 0 Å². The second-order valence-electron chi connectivity index (χ2n) is 5.72. The van der Waals surface area contributed by atoms with Gasteiger partial charge in [-0.25, -0.2) is 8.42 Å². The number of anilines is 1. The van der Waals surface area contributed by atoms with Crippen LogP contribution in [0.15, 0.2) is 48.5 Å². The minimum Gasteiger partial charge on any atom is -0.267 e. The average Bonchev–Trinajstić information content (AvgIpc) is 2.74. The molecule has 0 spiro atoms. The largest absolute Gasteiger partial charge is 0.267 e. The van der Waals surface area contributed by atoms with Gasteiger partial charge in [-0.05, 0) is 37.5 Å². The molecule has 0 aromatic heterocycles. The van der Waals surface area contributed by atoms with Crippen LogP contribution in [0.3, 0.4) is 0 Å². The molecule has 0 saturated carbocycles. The quantitative estimate of drug-likeness (QED) is 0.872. The molecule has 0 amide bonds. The number of rotatable bonds is 3. The van der Waals surface area contributed by atoms with Crippen LogP contribution in [0.1, 0.15) is 23.6 Å². The van der Waals surface area contributed by atoms with Crippen molar-refractivity contribution in [3.05, 3.63) is 65.2 Å². The second-order valence-corrected chi connectivity index (χ2v) is 7.57. The molecule has 21 heavy (non-hydrogen) atoms. The first kappa shape index (κ1) is 14.1. The summed E-state index contributed by atoms with van der Waals surface area (Å²) in [5.74, 6) is 0.0490. The number of aryl methyl sites for hydroxylation is 1. The first-order valence-corrected chi connectivity index (χ1v) is 8.74. The summed E-state index contributed by atoms with van der Waals surface area (Å²) in [6.45, 7) is 3.94. The molecule has 0 fully saturated rings. The number of nitrogens with zero attached hydrogens (tertiary/aromatic N) is 1. The molecule has 1 unspecified atom stereocenters. The molecular weight excluding hydrogens is 282 g/mol. The molecule has 2 aromatic carbocycles. The molecular formula is C17H19NO2S. The van der Waals surface area contributed by atoms with Gasteiger partial charge in [0, 0.05) is 6.04 Å². The van der Waals surface area contributed by atoms with E-state index in [0.717, 1.165) is 28.8 Å². The van der Waals surface area contributed by atoms with E-state index in [-0.39, 0.29) is 11.8 Å². The van der Waals surface area contributed by atoms with Gasteiger partial charge in [-0.15, -0.1) is 0 Å². The van der Waals surface area contributed by atoms with E-state index in [1.54, 1.807) is 4.31 Å². The molecule has 3 nitrogen and oxygen atoms in total. The predicted molar refractivity (Wildman–Crippen MR) is 85.9 cm³/mol. The summed E-state index contributed by atoms with van der Waals surface area (Å²) in [5.41, 5.74) is 3.86. The zero-order valence-corrected chi connectivity index (χ0v) is 13.1. The maximum Gasteiger partial charge on any atom is 0.239 e. The van der Waals surface area contributed by atoms with Gasteiger partial charge in [0.25, 0.3) is 0 Å². The van der Waals surface area contributed by atoms with Gasteiger partial charge in [-0.1, -0.05) is 48.0 Å². The van der Waals surface area contributed by atoms with Crippen molar-refractivity contribution in [3.8, 4) is 0 Å². The maximum absolute atomic E-state index is 12.8. The molecule has 1 heterocycles. The molecule has 0 saturated heterocycles. The van der Waals surface area contributed by atoms with Crippen molar-refractivity contribution in [1.82, 2.24) is 0 Å². The van der Waals surface area contributed by atoms with Crippen molar-refractivity contribution in [2.45, 2.75) is 32.1 Å². The van der Waals surface area contributed by atoms with E-state index in [1.165, 1.54) is 0 Å². The highest BCUT2D eigenvalue weighted by Gasteiger charge is 2.34. The Bertz CT molecular complexity index is 768. The second kappa shape index (κ2) is 5.19. The molecule has 0 aliphatic carbocycles. The Morgan fingerprint density at radius 2 is 1.90 bits per heavy atom. The summed E-state index contributed by atoms with van der Waals surface area (Å²) in [6, 6.07) is 15.4. The SMILES string of the molecule is Cc1cccc(CS(=O)(=O)N2c3ccccc3CC2C)c1. The van der Waals surface area contributed by atoms with Gasteiger partial charge < -0.3 is 0 Å². The van der Waals surface area contributed by atoms with Crippen LogP contribution in [0, 0.1) is 6.92 Å². The molecule has 1 aliphatic rings. The minimum atomic E-state index is -3.36. The number of fused-ring (bicyclic) bond motifs is 1. The third-order valence-electron chi connectivity index (χ3n) is 3.88.